The summed E-state index contributed by atoms with van der Waals surface area (Å²) >= 11 is 0.941. The molecule has 0 bridgehead atoms. The maximum atomic E-state index is 12.8. The van der Waals surface area contributed by atoms with Gasteiger partial charge in [0.15, 0.2) is 0 Å². The van der Waals surface area contributed by atoms with Gasteiger partial charge in [0.05, 0.1) is 28.5 Å². The van der Waals surface area contributed by atoms with Crippen molar-refractivity contribution in [1.29, 1.82) is 0 Å². The molecule has 152 valence electrons. The lowest BCUT2D eigenvalue weighted by molar-refractivity contribution is -0.380. The van der Waals surface area contributed by atoms with Gasteiger partial charge < -0.3 is 5.32 Å². The Balaban J connectivity index is 1.59. The van der Waals surface area contributed by atoms with Gasteiger partial charge in [-0.05, 0) is 17.2 Å². The van der Waals surface area contributed by atoms with E-state index in [0.29, 0.717) is 4.88 Å². The molecule has 3 aromatic rings. The number of nitrogens with one attached hydrogen (secondary N) is 2. The molecule has 0 aliphatic rings. The van der Waals surface area contributed by atoms with Crippen molar-refractivity contribution in [2.24, 2.45) is 5.10 Å². The summed E-state index contributed by atoms with van der Waals surface area (Å²) in [5, 5.41) is 17.1. The second-order valence-corrected chi connectivity index (χ2v) is 7.29. The smallest absolute Gasteiger partial charge is 0.324 e. The van der Waals surface area contributed by atoms with Crippen molar-refractivity contribution < 1.29 is 14.5 Å². The van der Waals surface area contributed by atoms with Gasteiger partial charge in [-0.1, -0.05) is 72.0 Å². The molecule has 0 aliphatic carbocycles. The summed E-state index contributed by atoms with van der Waals surface area (Å²) in [5.74, 6) is -1.36. The second-order valence-electron chi connectivity index (χ2n) is 6.20. The maximum absolute atomic E-state index is 12.8. The molecule has 2 N–H and O–H groups in total. The Hall–Kier alpha value is -3.85. The van der Waals surface area contributed by atoms with Crippen LogP contribution >= 0.6 is 11.3 Å². The fraction of sp³-hybridized carbons (Fsp3) is 0.0952. The van der Waals surface area contributed by atoms with Crippen LogP contribution in [-0.4, -0.2) is 29.5 Å². The van der Waals surface area contributed by atoms with Crippen molar-refractivity contribution in [3.8, 4) is 0 Å². The number of thiophene rings is 1. The molecule has 0 spiro atoms. The molecule has 0 saturated heterocycles. The monoisotopic (exact) mass is 422 g/mol. The van der Waals surface area contributed by atoms with E-state index in [1.165, 1.54) is 18.3 Å². The van der Waals surface area contributed by atoms with Crippen LogP contribution in [0.3, 0.4) is 0 Å². The number of carbonyl (C=O) groups is 2. The summed E-state index contributed by atoms with van der Waals surface area (Å²) in [7, 11) is 0. The van der Waals surface area contributed by atoms with Gasteiger partial charge in [0, 0.05) is 6.07 Å². The highest BCUT2D eigenvalue weighted by molar-refractivity contribution is 7.16. The van der Waals surface area contributed by atoms with Crippen molar-refractivity contribution in [2.75, 3.05) is 6.54 Å². The average molecular weight is 422 g/mol. The lowest BCUT2D eigenvalue weighted by Crippen LogP contribution is -2.37. The predicted octanol–water partition coefficient (Wildman–Crippen LogP) is 3.05. The van der Waals surface area contributed by atoms with E-state index in [1.807, 2.05) is 60.7 Å². The van der Waals surface area contributed by atoms with Crippen LogP contribution in [-0.2, 0) is 9.59 Å². The first kappa shape index (κ1) is 20.9. The SMILES string of the molecule is O=C(CNC(=O)C(c1ccccc1)c1ccccc1)N/N=C\c1ccc([N+](=O)[O-])s1. The zero-order valence-corrected chi connectivity index (χ0v) is 16.5. The topological polar surface area (TPSA) is 114 Å². The molecular formula is C21H18N4O4S. The Morgan fingerprint density at radius 2 is 1.60 bits per heavy atom. The van der Waals surface area contributed by atoms with Crippen LogP contribution in [0.5, 0.6) is 0 Å². The molecule has 0 atom stereocenters. The number of hydrogen-bond donors (Lipinski definition) is 2. The van der Waals surface area contributed by atoms with Crippen molar-refractivity contribution in [2.45, 2.75) is 5.92 Å². The Labute approximate surface area is 176 Å². The Kier molecular flexibility index (Phi) is 7.01. The normalized spacial score (nSPS) is 10.8. The molecule has 0 unspecified atom stereocenters. The summed E-state index contributed by atoms with van der Waals surface area (Å²) in [6.45, 7) is -0.253. The first-order valence-electron chi connectivity index (χ1n) is 8.98. The minimum atomic E-state index is -0.546. The molecule has 0 saturated carbocycles. The molecular weight excluding hydrogens is 404 g/mol. The largest absolute Gasteiger partial charge is 0.346 e. The molecule has 0 aliphatic heterocycles. The number of amides is 2. The molecule has 2 amide bonds. The highest BCUT2D eigenvalue weighted by atomic mass is 32.1. The third kappa shape index (κ3) is 5.58. The van der Waals surface area contributed by atoms with Gasteiger partial charge in [0.2, 0.25) is 5.91 Å². The molecule has 30 heavy (non-hydrogen) atoms. The van der Waals surface area contributed by atoms with Gasteiger partial charge in [-0.2, -0.15) is 5.10 Å². The van der Waals surface area contributed by atoms with E-state index in [2.05, 4.69) is 15.8 Å². The molecule has 3 rings (SSSR count). The molecule has 0 fully saturated rings. The standard InChI is InChI=1S/C21H18N4O4S/c26-18(24-23-13-17-11-12-19(30-17)25(28)29)14-22-21(27)20(15-7-3-1-4-8-15)16-9-5-2-6-10-16/h1-13,20H,14H2,(H,22,27)(H,24,26)/b23-13-. The van der Waals surface area contributed by atoms with E-state index < -0.39 is 16.7 Å². The van der Waals surface area contributed by atoms with E-state index in [9.17, 15) is 19.7 Å². The number of nitro groups is 1. The van der Waals surface area contributed by atoms with Crippen LogP contribution in [0.4, 0.5) is 5.00 Å². The van der Waals surface area contributed by atoms with Crippen molar-refractivity contribution in [3.05, 3.63) is 98.9 Å². The molecule has 8 nitrogen and oxygen atoms in total. The minimum Gasteiger partial charge on any atom is -0.346 e. The van der Waals surface area contributed by atoms with Gasteiger partial charge in [-0.15, -0.1) is 0 Å². The third-order valence-corrected chi connectivity index (χ3v) is 5.10. The van der Waals surface area contributed by atoms with Crippen molar-refractivity contribution in [1.82, 2.24) is 10.7 Å². The van der Waals surface area contributed by atoms with Crippen LogP contribution in [0.15, 0.2) is 77.9 Å². The van der Waals surface area contributed by atoms with E-state index in [4.69, 9.17) is 0 Å². The maximum Gasteiger partial charge on any atom is 0.324 e. The molecule has 9 heteroatoms. The number of benzene rings is 2. The molecule has 0 radical (unpaired) electrons. The number of carbonyl (C=O) groups excluding carboxylic acids is 2. The van der Waals surface area contributed by atoms with E-state index >= 15 is 0 Å². The number of rotatable bonds is 8. The summed E-state index contributed by atoms with van der Waals surface area (Å²) in [4.78, 5) is 35.5. The Morgan fingerprint density at radius 3 is 2.13 bits per heavy atom. The number of hydrazone groups is 1. The summed E-state index contributed by atoms with van der Waals surface area (Å²) < 4.78 is 0. The zero-order chi connectivity index (χ0) is 21.3. The predicted molar refractivity (Wildman–Crippen MR) is 114 cm³/mol. The van der Waals surface area contributed by atoms with Gasteiger partial charge in [0.25, 0.3) is 5.91 Å². The van der Waals surface area contributed by atoms with Crippen LogP contribution in [0.1, 0.15) is 21.9 Å². The Bertz CT molecular complexity index is 1010. The van der Waals surface area contributed by atoms with Crippen LogP contribution in [0, 0.1) is 10.1 Å². The van der Waals surface area contributed by atoms with Crippen molar-refractivity contribution in [3.63, 3.8) is 0 Å². The van der Waals surface area contributed by atoms with Crippen LogP contribution in [0.2, 0.25) is 0 Å². The molecule has 2 aromatic carbocycles. The van der Waals surface area contributed by atoms with Crippen LogP contribution < -0.4 is 10.7 Å². The van der Waals surface area contributed by atoms with Gasteiger partial charge in [-0.3, -0.25) is 19.7 Å². The highest BCUT2D eigenvalue weighted by Crippen LogP contribution is 2.24. The third-order valence-electron chi connectivity index (χ3n) is 4.12. The van der Waals surface area contributed by atoms with Crippen molar-refractivity contribution >= 4 is 34.4 Å². The van der Waals surface area contributed by atoms with E-state index in [-0.39, 0.29) is 17.5 Å². The Morgan fingerprint density at radius 1 is 1.00 bits per heavy atom. The lowest BCUT2D eigenvalue weighted by Gasteiger charge is -2.17. The fourth-order valence-corrected chi connectivity index (χ4v) is 3.47. The second kappa shape index (κ2) is 10.1. The van der Waals surface area contributed by atoms with Gasteiger partial charge >= 0.3 is 5.00 Å². The van der Waals surface area contributed by atoms with E-state index in [1.54, 1.807) is 0 Å². The summed E-state index contributed by atoms with van der Waals surface area (Å²) in [5.41, 5.74) is 3.93. The zero-order valence-electron chi connectivity index (χ0n) is 15.7. The lowest BCUT2D eigenvalue weighted by atomic mass is 9.90. The van der Waals surface area contributed by atoms with Gasteiger partial charge in [-0.25, -0.2) is 5.43 Å². The van der Waals surface area contributed by atoms with E-state index in [0.717, 1.165) is 22.5 Å². The van der Waals surface area contributed by atoms with Gasteiger partial charge in [0.1, 0.15) is 0 Å². The highest BCUT2D eigenvalue weighted by Gasteiger charge is 2.22. The first-order chi connectivity index (χ1) is 14.5. The quantitative estimate of drug-likeness (QED) is 0.330. The summed E-state index contributed by atoms with van der Waals surface area (Å²) in [6, 6.07) is 21.5. The minimum absolute atomic E-state index is 0.0112. The first-order valence-corrected chi connectivity index (χ1v) is 9.80. The summed E-state index contributed by atoms with van der Waals surface area (Å²) in [6.07, 6.45) is 1.31. The molecule has 1 aromatic heterocycles. The fourth-order valence-electron chi connectivity index (χ4n) is 2.77. The number of hydrogen-bond acceptors (Lipinski definition) is 6. The number of nitrogens with zero attached hydrogens (tertiary/aromatic N) is 2. The molecule has 1 heterocycles. The average Bonchev–Trinajstić information content (AvgIpc) is 3.23. The van der Waals surface area contributed by atoms with Crippen LogP contribution in [0.25, 0.3) is 0 Å².